The second-order valence-corrected chi connectivity index (χ2v) is 5.43. The van der Waals surface area contributed by atoms with E-state index in [4.69, 9.17) is 5.73 Å². The minimum absolute atomic E-state index is 0.0508. The van der Waals surface area contributed by atoms with Crippen LogP contribution < -0.4 is 5.73 Å². The number of aromatic hydroxyl groups is 1. The number of fused-ring (bicyclic) bond motifs is 1. The summed E-state index contributed by atoms with van der Waals surface area (Å²) in [5.74, 6) is -0.483. The third kappa shape index (κ3) is 2.19. The first-order valence-electron chi connectivity index (χ1n) is 6.97. The van der Waals surface area contributed by atoms with Crippen molar-refractivity contribution in [2.45, 2.75) is 12.3 Å². The molecule has 22 heavy (non-hydrogen) atoms. The van der Waals surface area contributed by atoms with Crippen LogP contribution in [0.2, 0.25) is 0 Å². The van der Waals surface area contributed by atoms with Gasteiger partial charge in [0.1, 0.15) is 0 Å². The van der Waals surface area contributed by atoms with Crippen LogP contribution >= 0.6 is 0 Å². The molecule has 1 heterocycles. The van der Waals surface area contributed by atoms with Gasteiger partial charge in [0.15, 0.2) is 0 Å². The number of benzene rings is 2. The molecule has 3 aromatic rings. The fourth-order valence-electron chi connectivity index (χ4n) is 2.64. The Hall–Kier alpha value is -2.88. The summed E-state index contributed by atoms with van der Waals surface area (Å²) < 4.78 is 0. The maximum Gasteiger partial charge on any atom is 0.232 e. The summed E-state index contributed by atoms with van der Waals surface area (Å²) >= 11 is 0. The van der Waals surface area contributed by atoms with Gasteiger partial charge in [-0.25, -0.2) is 4.98 Å². The van der Waals surface area contributed by atoms with Crippen molar-refractivity contribution < 1.29 is 9.90 Å². The Balaban J connectivity index is 2.23. The number of carbonyl (C=O) groups excluding carboxylic acids is 1. The Morgan fingerprint density at radius 2 is 1.73 bits per heavy atom. The molecule has 3 N–H and O–H groups in total. The molecule has 1 atom stereocenters. The first kappa shape index (κ1) is 14.1. The molecule has 1 unspecified atom stereocenters. The summed E-state index contributed by atoms with van der Waals surface area (Å²) in [7, 11) is 0. The zero-order valence-corrected chi connectivity index (χ0v) is 12.2. The smallest absolute Gasteiger partial charge is 0.232 e. The lowest BCUT2D eigenvalue weighted by Crippen LogP contribution is -2.39. The van der Waals surface area contributed by atoms with Crippen LogP contribution in [-0.2, 0) is 10.2 Å². The van der Waals surface area contributed by atoms with Gasteiger partial charge in [-0.2, -0.15) is 0 Å². The van der Waals surface area contributed by atoms with Gasteiger partial charge in [0, 0.05) is 11.5 Å². The highest BCUT2D eigenvalue weighted by molar-refractivity contribution is 5.92. The first-order valence-corrected chi connectivity index (χ1v) is 6.97. The molecule has 110 valence electrons. The molecule has 0 aliphatic heterocycles. The predicted octanol–water partition coefficient (Wildman–Crippen LogP) is 2.73. The summed E-state index contributed by atoms with van der Waals surface area (Å²) in [5, 5.41) is 10.4. The van der Waals surface area contributed by atoms with Crippen LogP contribution in [0.1, 0.15) is 18.1 Å². The fourth-order valence-corrected chi connectivity index (χ4v) is 2.64. The predicted molar refractivity (Wildman–Crippen MR) is 85.5 cm³/mol. The van der Waals surface area contributed by atoms with E-state index in [1.807, 2.05) is 42.5 Å². The largest absolute Gasteiger partial charge is 0.493 e. The van der Waals surface area contributed by atoms with E-state index in [9.17, 15) is 9.90 Å². The van der Waals surface area contributed by atoms with Crippen LogP contribution in [0.5, 0.6) is 5.88 Å². The lowest BCUT2D eigenvalue weighted by atomic mass is 9.75. The second kappa shape index (κ2) is 5.15. The van der Waals surface area contributed by atoms with Crippen LogP contribution in [0.4, 0.5) is 0 Å². The van der Waals surface area contributed by atoms with Gasteiger partial charge in [0.05, 0.1) is 10.9 Å². The second-order valence-electron chi connectivity index (χ2n) is 5.43. The lowest BCUT2D eigenvalue weighted by molar-refractivity contribution is -0.121. The number of carbonyl (C=O) groups is 1. The van der Waals surface area contributed by atoms with Gasteiger partial charge < -0.3 is 10.8 Å². The Morgan fingerprint density at radius 3 is 2.41 bits per heavy atom. The molecule has 0 bridgehead atoms. The molecular weight excluding hydrogens is 276 g/mol. The minimum atomic E-state index is -0.956. The van der Waals surface area contributed by atoms with Crippen molar-refractivity contribution in [2.75, 3.05) is 0 Å². The molecule has 1 amide bonds. The van der Waals surface area contributed by atoms with E-state index in [-0.39, 0.29) is 5.88 Å². The van der Waals surface area contributed by atoms with Gasteiger partial charge in [-0.3, -0.25) is 4.79 Å². The number of hydrogen-bond acceptors (Lipinski definition) is 3. The van der Waals surface area contributed by atoms with Crippen molar-refractivity contribution in [2.24, 2.45) is 5.73 Å². The molecule has 1 aromatic heterocycles. The van der Waals surface area contributed by atoms with Gasteiger partial charge in [0.25, 0.3) is 0 Å². The van der Waals surface area contributed by atoms with E-state index in [0.29, 0.717) is 5.52 Å². The van der Waals surface area contributed by atoms with Crippen LogP contribution in [-0.4, -0.2) is 16.0 Å². The van der Waals surface area contributed by atoms with Crippen LogP contribution in [0.3, 0.4) is 0 Å². The SMILES string of the molecule is CC(C(N)=O)(c1ccccc1)c1ccc2ccc(O)nc2c1. The van der Waals surface area contributed by atoms with Crippen molar-refractivity contribution >= 4 is 16.8 Å². The molecule has 0 aliphatic rings. The van der Waals surface area contributed by atoms with Crippen molar-refractivity contribution in [1.29, 1.82) is 0 Å². The van der Waals surface area contributed by atoms with Gasteiger partial charge in [-0.15, -0.1) is 0 Å². The van der Waals surface area contributed by atoms with Gasteiger partial charge in [-0.1, -0.05) is 42.5 Å². The summed E-state index contributed by atoms with van der Waals surface area (Å²) in [6.07, 6.45) is 0. The maximum atomic E-state index is 12.2. The van der Waals surface area contributed by atoms with Gasteiger partial charge in [-0.05, 0) is 30.2 Å². The van der Waals surface area contributed by atoms with Gasteiger partial charge >= 0.3 is 0 Å². The summed E-state index contributed by atoms with van der Waals surface area (Å²) in [6.45, 7) is 1.80. The van der Waals surface area contributed by atoms with Gasteiger partial charge in [0.2, 0.25) is 11.8 Å². The Bertz CT molecular complexity index is 846. The van der Waals surface area contributed by atoms with Crippen LogP contribution in [0.25, 0.3) is 10.9 Å². The van der Waals surface area contributed by atoms with E-state index in [1.54, 1.807) is 19.1 Å². The van der Waals surface area contributed by atoms with Crippen molar-refractivity contribution in [3.05, 3.63) is 71.8 Å². The number of amides is 1. The molecule has 0 fully saturated rings. The number of rotatable bonds is 3. The van der Waals surface area contributed by atoms with E-state index < -0.39 is 11.3 Å². The number of nitrogens with zero attached hydrogens (tertiary/aromatic N) is 1. The minimum Gasteiger partial charge on any atom is -0.493 e. The molecule has 0 aliphatic carbocycles. The third-order valence-electron chi connectivity index (χ3n) is 4.10. The molecule has 0 spiro atoms. The Labute approximate surface area is 128 Å². The molecule has 0 saturated heterocycles. The van der Waals surface area contributed by atoms with E-state index in [0.717, 1.165) is 16.5 Å². The fraction of sp³-hybridized carbons (Fsp3) is 0.111. The average Bonchev–Trinajstić information content (AvgIpc) is 2.54. The standard InChI is InChI=1S/C18H16N2O2/c1-18(17(19)22,13-5-3-2-4-6-13)14-9-7-12-8-10-16(21)20-15(12)11-14/h2-11H,1H3,(H2,19,22)(H,20,21). The monoisotopic (exact) mass is 292 g/mol. The van der Waals surface area contributed by atoms with E-state index >= 15 is 0 Å². The normalized spacial score (nSPS) is 13.7. The number of aromatic nitrogens is 1. The molecule has 3 rings (SSSR count). The van der Waals surface area contributed by atoms with E-state index in [2.05, 4.69) is 4.98 Å². The summed E-state index contributed by atoms with van der Waals surface area (Å²) in [5.41, 5.74) is 6.94. The third-order valence-corrected chi connectivity index (χ3v) is 4.10. The maximum absolute atomic E-state index is 12.2. The van der Waals surface area contributed by atoms with Crippen LogP contribution in [0, 0.1) is 0 Å². The zero-order valence-electron chi connectivity index (χ0n) is 12.2. The molecule has 4 nitrogen and oxygen atoms in total. The topological polar surface area (TPSA) is 76.2 Å². The average molecular weight is 292 g/mol. The lowest BCUT2D eigenvalue weighted by Gasteiger charge is -2.27. The number of nitrogens with two attached hydrogens (primary N) is 1. The number of primary amides is 1. The van der Waals surface area contributed by atoms with Crippen LogP contribution in [0.15, 0.2) is 60.7 Å². The number of hydrogen-bond donors (Lipinski definition) is 2. The number of pyridine rings is 1. The highest BCUT2D eigenvalue weighted by Crippen LogP contribution is 2.33. The highest BCUT2D eigenvalue weighted by Gasteiger charge is 2.35. The highest BCUT2D eigenvalue weighted by atomic mass is 16.3. The zero-order chi connectivity index (χ0) is 15.7. The Kier molecular flexibility index (Phi) is 3.29. The van der Waals surface area contributed by atoms with Crippen molar-refractivity contribution in [3.63, 3.8) is 0 Å². The van der Waals surface area contributed by atoms with Crippen molar-refractivity contribution in [3.8, 4) is 5.88 Å². The molecule has 0 radical (unpaired) electrons. The molecule has 4 heteroatoms. The van der Waals surface area contributed by atoms with E-state index in [1.165, 1.54) is 6.07 Å². The molecular formula is C18H16N2O2. The first-order chi connectivity index (χ1) is 10.5. The van der Waals surface area contributed by atoms with Crippen molar-refractivity contribution in [1.82, 2.24) is 4.98 Å². The quantitative estimate of drug-likeness (QED) is 0.779. The molecule has 0 saturated carbocycles. The molecule has 2 aromatic carbocycles. The Morgan fingerprint density at radius 1 is 1.05 bits per heavy atom. The summed E-state index contributed by atoms with van der Waals surface area (Å²) in [4.78, 5) is 16.3. The summed E-state index contributed by atoms with van der Waals surface area (Å²) in [6, 6.07) is 18.3.